The summed E-state index contributed by atoms with van der Waals surface area (Å²) in [6.07, 6.45) is 1.98. The van der Waals surface area contributed by atoms with E-state index in [0.29, 0.717) is 42.7 Å². The van der Waals surface area contributed by atoms with Crippen molar-refractivity contribution >= 4 is 31.4 Å². The number of hydrogen-bond donors (Lipinski definition) is 1. The molecule has 3 rings (SSSR count). The normalized spacial score (nSPS) is 14.6. The van der Waals surface area contributed by atoms with Crippen LogP contribution in [-0.4, -0.2) is 29.1 Å². The number of sulfonamides is 2. The zero-order valence-electron chi connectivity index (χ0n) is 16.4. The fraction of sp³-hybridized carbons (Fsp3) is 0.400. The van der Waals surface area contributed by atoms with Gasteiger partial charge in [-0.2, -0.15) is 0 Å². The van der Waals surface area contributed by atoms with Crippen LogP contribution in [-0.2, 0) is 26.5 Å². The van der Waals surface area contributed by atoms with Gasteiger partial charge in [0.05, 0.1) is 16.3 Å². The molecule has 0 aromatic heterocycles. The van der Waals surface area contributed by atoms with Crippen LogP contribution in [0.15, 0.2) is 41.3 Å². The molecule has 6 nitrogen and oxygen atoms in total. The van der Waals surface area contributed by atoms with Crippen LogP contribution in [0, 0.1) is 13.8 Å². The second-order valence-corrected chi connectivity index (χ2v) is 10.9. The Kier molecular flexibility index (Phi) is 5.72. The highest BCUT2D eigenvalue weighted by Crippen LogP contribution is 2.32. The van der Waals surface area contributed by atoms with Crippen LogP contribution < -0.4 is 9.03 Å². The third-order valence-corrected chi connectivity index (χ3v) is 8.34. The summed E-state index contributed by atoms with van der Waals surface area (Å²) in [6.45, 7) is 5.91. The van der Waals surface area contributed by atoms with Crippen LogP contribution in [0.2, 0.25) is 0 Å². The first-order chi connectivity index (χ1) is 13.1. The lowest BCUT2D eigenvalue weighted by Gasteiger charge is -2.30. The van der Waals surface area contributed by atoms with E-state index in [4.69, 9.17) is 0 Å². The van der Waals surface area contributed by atoms with Gasteiger partial charge in [-0.3, -0.25) is 9.03 Å². The Labute approximate surface area is 167 Å². The van der Waals surface area contributed by atoms with Crippen molar-refractivity contribution in [2.24, 2.45) is 0 Å². The molecule has 0 atom stereocenters. The van der Waals surface area contributed by atoms with E-state index in [1.807, 2.05) is 19.9 Å². The molecule has 0 saturated carbocycles. The molecule has 152 valence electrons. The minimum atomic E-state index is -3.73. The van der Waals surface area contributed by atoms with Crippen LogP contribution >= 0.6 is 0 Å². The molecule has 0 amide bonds. The van der Waals surface area contributed by atoms with Gasteiger partial charge >= 0.3 is 0 Å². The number of benzene rings is 2. The third-order valence-electron chi connectivity index (χ3n) is 4.84. The van der Waals surface area contributed by atoms with Gasteiger partial charge in [-0.15, -0.1) is 0 Å². The predicted octanol–water partition coefficient (Wildman–Crippen LogP) is 3.60. The number of anilines is 2. The first-order valence-electron chi connectivity index (χ1n) is 9.37. The number of nitrogens with zero attached hydrogens (tertiary/aromatic N) is 1. The minimum absolute atomic E-state index is 0.105. The second kappa shape index (κ2) is 7.75. The van der Waals surface area contributed by atoms with E-state index in [2.05, 4.69) is 4.72 Å². The molecule has 0 spiro atoms. The molecule has 0 aliphatic carbocycles. The number of nitrogens with one attached hydrogen (secondary N) is 1. The molecule has 1 N–H and O–H groups in total. The summed E-state index contributed by atoms with van der Waals surface area (Å²) in [6, 6.07) is 10.4. The van der Waals surface area contributed by atoms with Crippen LogP contribution in [0.4, 0.5) is 11.4 Å². The van der Waals surface area contributed by atoms with E-state index in [1.165, 1.54) is 4.31 Å². The molecule has 0 unspecified atom stereocenters. The maximum atomic E-state index is 12.8. The van der Waals surface area contributed by atoms with Crippen molar-refractivity contribution < 1.29 is 16.8 Å². The number of rotatable bonds is 6. The summed E-state index contributed by atoms with van der Waals surface area (Å²) < 4.78 is 54.8. The molecule has 1 heterocycles. The monoisotopic (exact) mass is 422 g/mol. The molecular formula is C20H26N2O4S2. The van der Waals surface area contributed by atoms with Crippen molar-refractivity contribution in [2.45, 2.75) is 44.9 Å². The lowest BCUT2D eigenvalue weighted by Crippen LogP contribution is -2.37. The van der Waals surface area contributed by atoms with Crippen LogP contribution in [0.1, 0.15) is 36.5 Å². The maximum Gasteiger partial charge on any atom is 0.262 e. The summed E-state index contributed by atoms with van der Waals surface area (Å²) in [5.74, 6) is 0.105. The maximum absolute atomic E-state index is 12.8. The van der Waals surface area contributed by atoms with Gasteiger partial charge in [0, 0.05) is 12.2 Å². The van der Waals surface area contributed by atoms with E-state index >= 15 is 0 Å². The summed E-state index contributed by atoms with van der Waals surface area (Å²) >= 11 is 0. The highest BCUT2D eigenvalue weighted by atomic mass is 32.2. The molecule has 1 aliphatic rings. The van der Waals surface area contributed by atoms with Gasteiger partial charge in [-0.1, -0.05) is 19.1 Å². The highest BCUT2D eigenvalue weighted by Gasteiger charge is 2.27. The SMILES string of the molecule is CCCS(=O)(=O)N1CCCc2cc(NS(=O)(=O)c3cc(C)ccc3C)ccc21. The fourth-order valence-corrected chi connectivity index (χ4v) is 6.49. The van der Waals surface area contributed by atoms with Crippen molar-refractivity contribution in [3.63, 3.8) is 0 Å². The largest absolute Gasteiger partial charge is 0.280 e. The Morgan fingerprint density at radius 2 is 1.79 bits per heavy atom. The molecular weight excluding hydrogens is 396 g/mol. The fourth-order valence-electron chi connectivity index (χ4n) is 3.49. The Morgan fingerprint density at radius 3 is 2.50 bits per heavy atom. The molecule has 2 aromatic carbocycles. The average molecular weight is 423 g/mol. The van der Waals surface area contributed by atoms with Crippen molar-refractivity contribution in [3.8, 4) is 0 Å². The molecule has 28 heavy (non-hydrogen) atoms. The van der Waals surface area contributed by atoms with Gasteiger partial charge in [0.25, 0.3) is 10.0 Å². The van der Waals surface area contributed by atoms with Gasteiger partial charge < -0.3 is 0 Å². The third kappa shape index (κ3) is 4.17. The molecule has 8 heteroatoms. The standard InChI is InChI=1S/C20H26N2O4S2/c1-4-12-27(23,24)22-11-5-6-17-14-18(9-10-19(17)22)21-28(25,26)20-13-15(2)7-8-16(20)3/h7-10,13-14,21H,4-6,11-12H2,1-3H3. The zero-order valence-corrected chi connectivity index (χ0v) is 18.0. The summed E-state index contributed by atoms with van der Waals surface area (Å²) in [7, 11) is -7.08. The molecule has 0 fully saturated rings. The summed E-state index contributed by atoms with van der Waals surface area (Å²) in [4.78, 5) is 0.248. The number of aryl methyl sites for hydroxylation is 3. The van der Waals surface area contributed by atoms with Crippen molar-refractivity contribution in [1.82, 2.24) is 0 Å². The summed E-state index contributed by atoms with van der Waals surface area (Å²) in [5.41, 5.74) is 3.47. The van der Waals surface area contributed by atoms with Crippen LogP contribution in [0.5, 0.6) is 0 Å². The number of fused-ring (bicyclic) bond motifs is 1. The number of hydrogen-bond acceptors (Lipinski definition) is 4. The molecule has 0 saturated heterocycles. The lowest BCUT2D eigenvalue weighted by atomic mass is 10.0. The van der Waals surface area contributed by atoms with Gasteiger partial charge in [0.2, 0.25) is 10.0 Å². The quantitative estimate of drug-likeness (QED) is 0.771. The second-order valence-electron chi connectivity index (χ2n) is 7.21. The first kappa shape index (κ1) is 20.7. The first-order valence-corrected chi connectivity index (χ1v) is 12.5. The van der Waals surface area contributed by atoms with Crippen LogP contribution in [0.3, 0.4) is 0 Å². The molecule has 1 aliphatic heterocycles. The Bertz CT molecular complexity index is 1090. The Balaban J connectivity index is 1.93. The molecule has 2 aromatic rings. The minimum Gasteiger partial charge on any atom is -0.280 e. The van der Waals surface area contributed by atoms with E-state index in [-0.39, 0.29) is 10.6 Å². The van der Waals surface area contributed by atoms with Crippen molar-refractivity contribution in [2.75, 3.05) is 21.3 Å². The van der Waals surface area contributed by atoms with E-state index in [1.54, 1.807) is 37.3 Å². The molecule has 0 radical (unpaired) electrons. The van der Waals surface area contributed by atoms with Gasteiger partial charge in [0.1, 0.15) is 0 Å². The predicted molar refractivity (Wildman–Crippen MR) is 113 cm³/mol. The highest BCUT2D eigenvalue weighted by molar-refractivity contribution is 7.93. The lowest BCUT2D eigenvalue weighted by molar-refractivity contribution is 0.585. The summed E-state index contributed by atoms with van der Waals surface area (Å²) in [5, 5.41) is 0. The Hall–Kier alpha value is -2.06. The van der Waals surface area contributed by atoms with Crippen LogP contribution in [0.25, 0.3) is 0 Å². The zero-order chi connectivity index (χ0) is 20.5. The smallest absolute Gasteiger partial charge is 0.262 e. The van der Waals surface area contributed by atoms with Gasteiger partial charge in [-0.05, 0) is 74.1 Å². The Morgan fingerprint density at radius 1 is 1.04 bits per heavy atom. The van der Waals surface area contributed by atoms with Gasteiger partial charge in [-0.25, -0.2) is 16.8 Å². The van der Waals surface area contributed by atoms with Gasteiger partial charge in [0.15, 0.2) is 0 Å². The van der Waals surface area contributed by atoms with Crippen molar-refractivity contribution in [3.05, 3.63) is 53.1 Å². The van der Waals surface area contributed by atoms with Crippen molar-refractivity contribution in [1.29, 1.82) is 0 Å². The topological polar surface area (TPSA) is 83.6 Å². The van der Waals surface area contributed by atoms with E-state index in [0.717, 1.165) is 11.1 Å². The molecule has 0 bridgehead atoms. The average Bonchev–Trinajstić information content (AvgIpc) is 2.62. The van der Waals surface area contributed by atoms with E-state index in [9.17, 15) is 16.8 Å². The van der Waals surface area contributed by atoms with E-state index < -0.39 is 20.0 Å².